The summed E-state index contributed by atoms with van der Waals surface area (Å²) in [4.78, 5) is 14.0. The number of rotatable bonds is 12. The third-order valence-corrected chi connectivity index (χ3v) is 4.91. The van der Waals surface area contributed by atoms with Gasteiger partial charge < -0.3 is 4.90 Å². The van der Waals surface area contributed by atoms with Crippen molar-refractivity contribution in [2.24, 2.45) is 5.92 Å². The van der Waals surface area contributed by atoms with Gasteiger partial charge in [-0.05, 0) is 39.3 Å². The minimum atomic E-state index is 0.321. The van der Waals surface area contributed by atoms with Crippen LogP contribution in [0.2, 0.25) is 0 Å². The molecule has 0 saturated carbocycles. The van der Waals surface area contributed by atoms with Crippen molar-refractivity contribution in [3.63, 3.8) is 0 Å². The molecule has 21 heavy (non-hydrogen) atoms. The molecule has 0 amide bonds. The van der Waals surface area contributed by atoms with E-state index < -0.39 is 0 Å². The third kappa shape index (κ3) is 9.29. The van der Waals surface area contributed by atoms with Crippen molar-refractivity contribution in [2.75, 3.05) is 19.6 Å². The van der Waals surface area contributed by atoms with Crippen LogP contribution >= 0.6 is 0 Å². The largest absolute Gasteiger partial charge is 0.303 e. The van der Waals surface area contributed by atoms with Crippen LogP contribution in [0.4, 0.5) is 0 Å². The van der Waals surface area contributed by atoms with Gasteiger partial charge in [-0.25, -0.2) is 0 Å². The number of hydrogen-bond acceptors (Lipinski definition) is 2. The molecule has 0 aromatic rings. The predicted molar refractivity (Wildman–Crippen MR) is 91.7 cm³/mol. The van der Waals surface area contributed by atoms with E-state index in [1.165, 1.54) is 83.7 Å². The van der Waals surface area contributed by atoms with Gasteiger partial charge in [0.15, 0.2) is 0 Å². The van der Waals surface area contributed by atoms with E-state index in [9.17, 15) is 4.79 Å². The van der Waals surface area contributed by atoms with E-state index in [4.69, 9.17) is 0 Å². The standard InChI is InChI=1S/C19H37NO/c1-3-4-5-6-7-8-9-10-11-12-15-20-16-13-14-19(17-20)18(2)21/h19H,3-17H2,1-2H3. The van der Waals surface area contributed by atoms with Gasteiger partial charge in [0, 0.05) is 12.5 Å². The summed E-state index contributed by atoms with van der Waals surface area (Å²) in [7, 11) is 0. The van der Waals surface area contributed by atoms with Gasteiger partial charge in [0.25, 0.3) is 0 Å². The van der Waals surface area contributed by atoms with Crippen molar-refractivity contribution in [1.29, 1.82) is 0 Å². The van der Waals surface area contributed by atoms with Crippen molar-refractivity contribution in [2.45, 2.75) is 90.9 Å². The molecule has 1 unspecified atom stereocenters. The number of Topliss-reactive ketones (excluding diaryl/α,β-unsaturated/α-hetero) is 1. The van der Waals surface area contributed by atoms with Crippen LogP contribution in [-0.4, -0.2) is 30.3 Å². The van der Waals surface area contributed by atoms with E-state index >= 15 is 0 Å². The zero-order chi connectivity index (χ0) is 15.3. The minimum absolute atomic E-state index is 0.321. The highest BCUT2D eigenvalue weighted by atomic mass is 16.1. The maximum Gasteiger partial charge on any atom is 0.134 e. The normalized spacial score (nSPS) is 19.8. The third-order valence-electron chi connectivity index (χ3n) is 4.91. The number of unbranched alkanes of at least 4 members (excludes halogenated alkanes) is 9. The smallest absolute Gasteiger partial charge is 0.134 e. The van der Waals surface area contributed by atoms with Crippen LogP contribution < -0.4 is 0 Å². The van der Waals surface area contributed by atoms with Crippen LogP contribution in [0.15, 0.2) is 0 Å². The Kier molecular flexibility index (Phi) is 10.9. The van der Waals surface area contributed by atoms with E-state index in [0.717, 1.165) is 13.0 Å². The average molecular weight is 296 g/mol. The Morgan fingerprint density at radius 2 is 1.52 bits per heavy atom. The summed E-state index contributed by atoms with van der Waals surface area (Å²) in [5.41, 5.74) is 0. The van der Waals surface area contributed by atoms with Gasteiger partial charge in [-0.3, -0.25) is 4.79 Å². The first-order chi connectivity index (χ1) is 10.2. The maximum atomic E-state index is 11.5. The number of carbonyl (C=O) groups excluding carboxylic acids is 1. The Labute approximate surface area is 132 Å². The predicted octanol–water partition coefficient (Wildman–Crippen LogP) is 5.21. The first-order valence-corrected chi connectivity index (χ1v) is 9.47. The highest BCUT2D eigenvalue weighted by Crippen LogP contribution is 2.18. The molecule has 1 saturated heterocycles. The number of likely N-dealkylation sites (tertiary alicyclic amines) is 1. The summed E-state index contributed by atoms with van der Waals surface area (Å²) in [6.07, 6.45) is 16.3. The quantitative estimate of drug-likeness (QED) is 0.461. The highest BCUT2D eigenvalue weighted by Gasteiger charge is 2.22. The number of hydrogen-bond donors (Lipinski definition) is 0. The van der Waals surface area contributed by atoms with Crippen LogP contribution in [-0.2, 0) is 4.79 Å². The second kappa shape index (κ2) is 12.2. The molecule has 0 aliphatic carbocycles. The number of piperidine rings is 1. The summed E-state index contributed by atoms with van der Waals surface area (Å²) in [6, 6.07) is 0. The summed E-state index contributed by atoms with van der Waals surface area (Å²) in [5.74, 6) is 0.713. The zero-order valence-electron chi connectivity index (χ0n) is 14.5. The fourth-order valence-corrected chi connectivity index (χ4v) is 3.41. The number of carbonyl (C=O) groups is 1. The monoisotopic (exact) mass is 295 g/mol. The van der Waals surface area contributed by atoms with Crippen molar-refractivity contribution < 1.29 is 4.79 Å². The zero-order valence-corrected chi connectivity index (χ0v) is 14.5. The highest BCUT2D eigenvalue weighted by molar-refractivity contribution is 5.78. The second-order valence-corrected chi connectivity index (χ2v) is 6.93. The first kappa shape index (κ1) is 18.7. The molecule has 2 nitrogen and oxygen atoms in total. The van der Waals surface area contributed by atoms with Gasteiger partial charge in [-0.1, -0.05) is 64.7 Å². The Morgan fingerprint density at radius 3 is 2.10 bits per heavy atom. The lowest BCUT2D eigenvalue weighted by Gasteiger charge is -2.31. The van der Waals surface area contributed by atoms with Crippen LogP contribution in [0.1, 0.15) is 90.9 Å². The summed E-state index contributed by atoms with van der Waals surface area (Å²) in [5, 5.41) is 0. The molecule has 1 rings (SSSR count). The molecule has 0 aromatic carbocycles. The molecule has 2 heteroatoms. The van der Waals surface area contributed by atoms with E-state index in [1.807, 2.05) is 0 Å². The Hall–Kier alpha value is -0.370. The van der Waals surface area contributed by atoms with Gasteiger partial charge in [-0.15, -0.1) is 0 Å². The SMILES string of the molecule is CCCCCCCCCCCCN1CCCC(C(C)=O)C1. The molecule has 1 aliphatic rings. The first-order valence-electron chi connectivity index (χ1n) is 9.47. The Morgan fingerprint density at radius 1 is 0.952 bits per heavy atom. The molecule has 0 radical (unpaired) electrons. The molecule has 1 atom stereocenters. The Balaban J connectivity index is 1.89. The van der Waals surface area contributed by atoms with Crippen LogP contribution in [0.3, 0.4) is 0 Å². The molecule has 124 valence electrons. The van der Waals surface area contributed by atoms with Gasteiger partial charge in [0.05, 0.1) is 0 Å². The van der Waals surface area contributed by atoms with Crippen LogP contribution in [0, 0.1) is 5.92 Å². The fourth-order valence-electron chi connectivity index (χ4n) is 3.41. The van der Waals surface area contributed by atoms with Crippen molar-refractivity contribution >= 4 is 5.78 Å². The molecule has 1 heterocycles. The molecule has 0 aromatic heterocycles. The lowest BCUT2D eigenvalue weighted by atomic mass is 9.94. The van der Waals surface area contributed by atoms with Gasteiger partial charge >= 0.3 is 0 Å². The summed E-state index contributed by atoms with van der Waals surface area (Å²) in [6.45, 7) is 7.48. The van der Waals surface area contributed by atoms with Crippen molar-refractivity contribution in [3.8, 4) is 0 Å². The maximum absolute atomic E-state index is 11.5. The minimum Gasteiger partial charge on any atom is -0.303 e. The van der Waals surface area contributed by atoms with E-state index in [1.54, 1.807) is 6.92 Å². The van der Waals surface area contributed by atoms with Gasteiger partial charge in [-0.2, -0.15) is 0 Å². The van der Waals surface area contributed by atoms with E-state index in [0.29, 0.717) is 11.7 Å². The van der Waals surface area contributed by atoms with Crippen molar-refractivity contribution in [1.82, 2.24) is 4.90 Å². The molecule has 1 aliphatic heterocycles. The summed E-state index contributed by atoms with van der Waals surface area (Å²) < 4.78 is 0. The molecule has 0 bridgehead atoms. The van der Waals surface area contributed by atoms with Gasteiger partial charge in [0.1, 0.15) is 5.78 Å². The molecule has 1 fully saturated rings. The fraction of sp³-hybridized carbons (Fsp3) is 0.947. The van der Waals surface area contributed by atoms with E-state index in [-0.39, 0.29) is 0 Å². The number of ketones is 1. The molecule has 0 N–H and O–H groups in total. The lowest BCUT2D eigenvalue weighted by Crippen LogP contribution is -2.38. The lowest BCUT2D eigenvalue weighted by molar-refractivity contribution is -0.122. The second-order valence-electron chi connectivity index (χ2n) is 6.93. The summed E-state index contributed by atoms with van der Waals surface area (Å²) >= 11 is 0. The Bertz CT molecular complexity index is 264. The molecule has 0 spiro atoms. The molecular formula is C19H37NO. The van der Waals surface area contributed by atoms with Crippen LogP contribution in [0.25, 0.3) is 0 Å². The number of nitrogens with zero attached hydrogens (tertiary/aromatic N) is 1. The van der Waals surface area contributed by atoms with Gasteiger partial charge in [0.2, 0.25) is 0 Å². The topological polar surface area (TPSA) is 20.3 Å². The van der Waals surface area contributed by atoms with Crippen molar-refractivity contribution in [3.05, 3.63) is 0 Å². The molecular weight excluding hydrogens is 258 g/mol. The van der Waals surface area contributed by atoms with E-state index in [2.05, 4.69) is 11.8 Å². The van der Waals surface area contributed by atoms with Crippen LogP contribution in [0.5, 0.6) is 0 Å². The average Bonchev–Trinajstić information content (AvgIpc) is 2.49.